The SMILES string of the molecule is O=C(CC[C@@H]1NC(=O)c2ccccc2NC1=O)Nc1nccs1. The Morgan fingerprint density at radius 2 is 2.13 bits per heavy atom. The Kier molecular flexibility index (Phi) is 4.33. The maximum Gasteiger partial charge on any atom is 0.254 e. The Hall–Kier alpha value is -2.74. The highest BCUT2D eigenvalue weighted by atomic mass is 32.1. The maximum absolute atomic E-state index is 12.2. The summed E-state index contributed by atoms with van der Waals surface area (Å²) in [6.45, 7) is 0. The number of thiazole rings is 1. The standard InChI is InChI=1S/C15H14N4O3S/c20-12(19-15-16-7-8-23-15)6-5-11-14(22)17-10-4-2-1-3-9(10)13(21)18-11/h1-4,7-8,11H,5-6H2,(H,17,22)(H,18,21)(H,16,19,20)/t11-/m0/s1. The van der Waals surface area contributed by atoms with Crippen LogP contribution in [0.3, 0.4) is 0 Å². The topological polar surface area (TPSA) is 100 Å². The van der Waals surface area contributed by atoms with Crippen molar-refractivity contribution >= 4 is 39.9 Å². The lowest BCUT2D eigenvalue weighted by Crippen LogP contribution is -2.41. The maximum atomic E-state index is 12.2. The van der Waals surface area contributed by atoms with Crippen molar-refractivity contribution in [2.75, 3.05) is 10.6 Å². The van der Waals surface area contributed by atoms with Gasteiger partial charge in [0.1, 0.15) is 6.04 Å². The summed E-state index contributed by atoms with van der Waals surface area (Å²) in [5.41, 5.74) is 0.889. The lowest BCUT2D eigenvalue weighted by Gasteiger charge is -2.13. The molecule has 1 aliphatic rings. The zero-order valence-corrected chi connectivity index (χ0v) is 12.9. The second kappa shape index (κ2) is 6.57. The van der Waals surface area contributed by atoms with Crippen molar-refractivity contribution in [3.8, 4) is 0 Å². The van der Waals surface area contributed by atoms with E-state index in [0.717, 1.165) is 0 Å². The van der Waals surface area contributed by atoms with Gasteiger partial charge in [-0.05, 0) is 18.6 Å². The fraction of sp³-hybridized carbons (Fsp3) is 0.200. The summed E-state index contributed by atoms with van der Waals surface area (Å²) < 4.78 is 0. The number of para-hydroxylation sites is 1. The number of amides is 3. The monoisotopic (exact) mass is 330 g/mol. The summed E-state index contributed by atoms with van der Waals surface area (Å²) in [5, 5.41) is 10.3. The predicted molar refractivity (Wildman–Crippen MR) is 86.3 cm³/mol. The number of benzene rings is 1. The van der Waals surface area contributed by atoms with Crippen molar-refractivity contribution in [2.24, 2.45) is 0 Å². The molecule has 3 rings (SSSR count). The van der Waals surface area contributed by atoms with Crippen LogP contribution in [0.15, 0.2) is 35.8 Å². The fourth-order valence-electron chi connectivity index (χ4n) is 2.26. The summed E-state index contributed by atoms with van der Waals surface area (Å²) in [4.78, 5) is 40.1. The zero-order chi connectivity index (χ0) is 16.2. The lowest BCUT2D eigenvalue weighted by atomic mass is 10.1. The van der Waals surface area contributed by atoms with E-state index in [2.05, 4.69) is 20.9 Å². The van der Waals surface area contributed by atoms with Gasteiger partial charge in [-0.1, -0.05) is 12.1 Å². The number of nitrogens with zero attached hydrogens (tertiary/aromatic N) is 1. The number of nitrogens with one attached hydrogen (secondary N) is 3. The summed E-state index contributed by atoms with van der Waals surface area (Å²) >= 11 is 1.32. The first-order valence-electron chi connectivity index (χ1n) is 7.03. The lowest BCUT2D eigenvalue weighted by molar-refractivity contribution is -0.118. The third-order valence-electron chi connectivity index (χ3n) is 3.39. The Morgan fingerprint density at radius 1 is 1.30 bits per heavy atom. The van der Waals surface area contributed by atoms with Crippen molar-refractivity contribution in [1.29, 1.82) is 0 Å². The Balaban J connectivity index is 1.62. The molecular formula is C15H14N4O3S. The molecule has 3 amide bonds. The van der Waals surface area contributed by atoms with E-state index in [4.69, 9.17) is 0 Å². The van der Waals surface area contributed by atoms with Crippen molar-refractivity contribution in [3.05, 3.63) is 41.4 Å². The molecule has 23 heavy (non-hydrogen) atoms. The average molecular weight is 330 g/mol. The second-order valence-corrected chi connectivity index (χ2v) is 5.88. The molecule has 0 saturated heterocycles. The molecule has 0 radical (unpaired) electrons. The van der Waals surface area contributed by atoms with Gasteiger partial charge in [0.15, 0.2) is 5.13 Å². The number of rotatable bonds is 4. The molecule has 0 bridgehead atoms. The van der Waals surface area contributed by atoms with Crippen LogP contribution in [-0.4, -0.2) is 28.7 Å². The van der Waals surface area contributed by atoms with Crippen molar-refractivity contribution < 1.29 is 14.4 Å². The molecule has 0 unspecified atom stereocenters. The van der Waals surface area contributed by atoms with E-state index in [0.29, 0.717) is 16.4 Å². The number of carbonyl (C=O) groups is 3. The first-order valence-corrected chi connectivity index (χ1v) is 7.91. The van der Waals surface area contributed by atoms with E-state index in [-0.39, 0.29) is 30.6 Å². The minimum absolute atomic E-state index is 0.105. The predicted octanol–water partition coefficient (Wildman–Crippen LogP) is 1.61. The highest BCUT2D eigenvalue weighted by Crippen LogP contribution is 2.19. The third kappa shape index (κ3) is 3.54. The summed E-state index contributed by atoms with van der Waals surface area (Å²) in [7, 11) is 0. The average Bonchev–Trinajstić information content (AvgIpc) is 3.00. The molecule has 1 atom stereocenters. The van der Waals surface area contributed by atoms with Crippen LogP contribution in [0.25, 0.3) is 0 Å². The first-order chi connectivity index (χ1) is 11.1. The Labute approximate surface area is 136 Å². The van der Waals surface area contributed by atoms with E-state index in [1.54, 1.807) is 35.8 Å². The fourth-order valence-corrected chi connectivity index (χ4v) is 2.80. The van der Waals surface area contributed by atoms with Gasteiger partial charge in [-0.2, -0.15) is 0 Å². The number of anilines is 2. The molecule has 0 fully saturated rings. The molecule has 118 valence electrons. The Bertz CT molecular complexity index is 745. The molecule has 0 aliphatic carbocycles. The molecule has 1 aromatic carbocycles. The quantitative estimate of drug-likeness (QED) is 0.793. The van der Waals surface area contributed by atoms with Crippen LogP contribution in [-0.2, 0) is 9.59 Å². The van der Waals surface area contributed by atoms with Gasteiger partial charge in [0, 0.05) is 18.0 Å². The number of carbonyl (C=O) groups excluding carboxylic acids is 3. The van der Waals surface area contributed by atoms with E-state index >= 15 is 0 Å². The highest BCUT2D eigenvalue weighted by Gasteiger charge is 2.27. The smallest absolute Gasteiger partial charge is 0.254 e. The zero-order valence-electron chi connectivity index (χ0n) is 12.0. The molecule has 3 N–H and O–H groups in total. The van der Waals surface area contributed by atoms with E-state index in [9.17, 15) is 14.4 Å². The van der Waals surface area contributed by atoms with Crippen LogP contribution >= 0.6 is 11.3 Å². The van der Waals surface area contributed by atoms with Gasteiger partial charge < -0.3 is 16.0 Å². The third-order valence-corrected chi connectivity index (χ3v) is 4.08. The molecule has 1 aliphatic heterocycles. The number of aromatic nitrogens is 1. The molecule has 2 aromatic rings. The van der Waals surface area contributed by atoms with E-state index in [1.807, 2.05) is 0 Å². The van der Waals surface area contributed by atoms with Gasteiger partial charge in [0.2, 0.25) is 11.8 Å². The van der Waals surface area contributed by atoms with E-state index < -0.39 is 6.04 Å². The van der Waals surface area contributed by atoms with Crippen LogP contribution in [0, 0.1) is 0 Å². The minimum atomic E-state index is -0.753. The molecule has 7 nitrogen and oxygen atoms in total. The van der Waals surface area contributed by atoms with Crippen molar-refractivity contribution in [3.63, 3.8) is 0 Å². The largest absolute Gasteiger partial charge is 0.340 e. The van der Waals surface area contributed by atoms with Gasteiger partial charge in [-0.15, -0.1) is 11.3 Å². The normalized spacial score (nSPS) is 16.8. The van der Waals surface area contributed by atoms with Crippen molar-refractivity contribution in [2.45, 2.75) is 18.9 Å². The number of fused-ring (bicyclic) bond motifs is 1. The van der Waals surface area contributed by atoms with Gasteiger partial charge in [-0.25, -0.2) is 4.98 Å². The van der Waals surface area contributed by atoms with Crippen LogP contribution < -0.4 is 16.0 Å². The van der Waals surface area contributed by atoms with Crippen LogP contribution in [0.2, 0.25) is 0 Å². The van der Waals surface area contributed by atoms with Gasteiger partial charge in [-0.3, -0.25) is 14.4 Å². The molecule has 8 heteroatoms. The summed E-state index contributed by atoms with van der Waals surface area (Å²) in [6, 6.07) is 6.03. The first kappa shape index (κ1) is 15.2. The van der Waals surface area contributed by atoms with E-state index in [1.165, 1.54) is 11.3 Å². The highest BCUT2D eigenvalue weighted by molar-refractivity contribution is 7.13. The molecule has 2 heterocycles. The molecular weight excluding hydrogens is 316 g/mol. The Morgan fingerprint density at radius 3 is 2.91 bits per heavy atom. The summed E-state index contributed by atoms with van der Waals surface area (Å²) in [6.07, 6.45) is 1.91. The van der Waals surface area contributed by atoms with Crippen LogP contribution in [0.1, 0.15) is 23.2 Å². The van der Waals surface area contributed by atoms with Gasteiger partial charge in [0.25, 0.3) is 5.91 Å². The second-order valence-electron chi connectivity index (χ2n) is 4.98. The molecule has 0 spiro atoms. The number of hydrogen-bond acceptors (Lipinski definition) is 5. The van der Waals surface area contributed by atoms with Crippen LogP contribution in [0.5, 0.6) is 0 Å². The van der Waals surface area contributed by atoms with Gasteiger partial charge in [0.05, 0.1) is 11.3 Å². The summed E-state index contributed by atoms with van der Waals surface area (Å²) in [5.74, 6) is -0.904. The van der Waals surface area contributed by atoms with Crippen LogP contribution in [0.4, 0.5) is 10.8 Å². The molecule has 1 aromatic heterocycles. The van der Waals surface area contributed by atoms with Gasteiger partial charge >= 0.3 is 0 Å². The molecule has 0 saturated carbocycles. The number of hydrogen-bond donors (Lipinski definition) is 3. The minimum Gasteiger partial charge on any atom is -0.340 e. The van der Waals surface area contributed by atoms with Crippen molar-refractivity contribution in [1.82, 2.24) is 10.3 Å².